The second kappa shape index (κ2) is 8.25. The van der Waals surface area contributed by atoms with E-state index in [4.69, 9.17) is 4.74 Å². The van der Waals surface area contributed by atoms with E-state index in [1.165, 1.54) is 19.3 Å². The Hall–Kier alpha value is -0.900. The lowest BCUT2D eigenvalue weighted by Gasteiger charge is -2.30. The van der Waals surface area contributed by atoms with Gasteiger partial charge in [0.25, 0.3) is 0 Å². The monoisotopic (exact) mass is 255 g/mol. The molecule has 1 saturated heterocycles. The lowest BCUT2D eigenvalue weighted by molar-refractivity contribution is -0.144. The van der Waals surface area contributed by atoms with Gasteiger partial charge in [0.15, 0.2) is 0 Å². The highest BCUT2D eigenvalue weighted by Gasteiger charge is 2.19. The third kappa shape index (κ3) is 5.63. The first kappa shape index (κ1) is 15.2. The number of hydrogen-bond donors (Lipinski definition) is 0. The van der Waals surface area contributed by atoms with Gasteiger partial charge in [-0.25, -0.2) is 0 Å². The van der Waals surface area contributed by atoms with Crippen molar-refractivity contribution in [3.05, 3.63) is 0 Å². The number of ketones is 1. The van der Waals surface area contributed by atoms with Crippen molar-refractivity contribution in [1.29, 1.82) is 0 Å². The maximum absolute atomic E-state index is 11.7. The molecule has 0 amide bonds. The molecule has 0 radical (unpaired) electrons. The number of rotatable bonds is 7. The number of Topliss-reactive ketones (excluding diaryl/α,β-unsaturated/α-hetero) is 1. The van der Waals surface area contributed by atoms with Crippen LogP contribution >= 0.6 is 0 Å². The minimum absolute atomic E-state index is 0.151. The smallest absolute Gasteiger partial charge is 0.306 e. The van der Waals surface area contributed by atoms with Crippen LogP contribution in [0.1, 0.15) is 46.0 Å². The molecule has 0 atom stereocenters. The van der Waals surface area contributed by atoms with Crippen molar-refractivity contribution in [2.75, 3.05) is 26.2 Å². The molecular formula is C14H25NO3. The molecule has 0 aromatic heterocycles. The number of hydrogen-bond acceptors (Lipinski definition) is 4. The molecule has 18 heavy (non-hydrogen) atoms. The summed E-state index contributed by atoms with van der Waals surface area (Å²) in [5.41, 5.74) is 0. The SMILES string of the molecule is CCOC(=O)CCC(=O)CN1CCC(CC)CC1. The van der Waals surface area contributed by atoms with E-state index >= 15 is 0 Å². The van der Waals surface area contributed by atoms with Gasteiger partial charge in [-0.05, 0) is 38.8 Å². The maximum Gasteiger partial charge on any atom is 0.306 e. The van der Waals surface area contributed by atoms with E-state index < -0.39 is 0 Å². The van der Waals surface area contributed by atoms with Gasteiger partial charge in [-0.15, -0.1) is 0 Å². The van der Waals surface area contributed by atoms with Crippen molar-refractivity contribution in [1.82, 2.24) is 4.90 Å². The van der Waals surface area contributed by atoms with E-state index in [9.17, 15) is 9.59 Å². The summed E-state index contributed by atoms with van der Waals surface area (Å²) in [6.45, 7) is 6.92. The lowest BCUT2D eigenvalue weighted by atomic mass is 9.94. The number of ether oxygens (including phenoxy) is 1. The molecule has 1 heterocycles. The van der Waals surface area contributed by atoms with Crippen LogP contribution in [0.2, 0.25) is 0 Å². The Morgan fingerprint density at radius 2 is 1.83 bits per heavy atom. The van der Waals surface area contributed by atoms with Crippen LogP contribution in [-0.2, 0) is 14.3 Å². The van der Waals surface area contributed by atoms with Crippen LogP contribution in [0.5, 0.6) is 0 Å². The predicted octanol–water partition coefficient (Wildman–Crippen LogP) is 2.02. The van der Waals surface area contributed by atoms with Crippen molar-refractivity contribution in [2.24, 2.45) is 5.92 Å². The van der Waals surface area contributed by atoms with Gasteiger partial charge in [0.2, 0.25) is 0 Å². The summed E-state index contributed by atoms with van der Waals surface area (Å²) in [4.78, 5) is 25.1. The zero-order valence-corrected chi connectivity index (χ0v) is 11.6. The molecular weight excluding hydrogens is 230 g/mol. The highest BCUT2D eigenvalue weighted by Crippen LogP contribution is 2.19. The zero-order valence-electron chi connectivity index (χ0n) is 11.6. The van der Waals surface area contributed by atoms with Crippen LogP contribution in [0, 0.1) is 5.92 Å². The molecule has 1 aliphatic heterocycles. The maximum atomic E-state index is 11.7. The Kier molecular flexibility index (Phi) is 6.94. The molecule has 0 aromatic carbocycles. The molecule has 0 saturated carbocycles. The fourth-order valence-corrected chi connectivity index (χ4v) is 2.36. The van der Waals surface area contributed by atoms with Crippen molar-refractivity contribution >= 4 is 11.8 Å². The van der Waals surface area contributed by atoms with Crippen LogP contribution in [0.15, 0.2) is 0 Å². The first-order valence-electron chi connectivity index (χ1n) is 7.05. The van der Waals surface area contributed by atoms with Gasteiger partial charge in [-0.3, -0.25) is 14.5 Å². The van der Waals surface area contributed by atoms with E-state index in [1.54, 1.807) is 6.92 Å². The standard InChI is InChI=1S/C14H25NO3/c1-3-12-7-9-15(10-8-12)11-13(16)5-6-14(17)18-4-2/h12H,3-11H2,1-2H3. The highest BCUT2D eigenvalue weighted by molar-refractivity contribution is 5.84. The van der Waals surface area contributed by atoms with E-state index in [2.05, 4.69) is 11.8 Å². The van der Waals surface area contributed by atoms with Gasteiger partial charge in [0.05, 0.1) is 19.6 Å². The Balaban J connectivity index is 2.15. The average molecular weight is 255 g/mol. The summed E-state index contributed by atoms with van der Waals surface area (Å²) in [7, 11) is 0. The number of likely N-dealkylation sites (tertiary alicyclic amines) is 1. The van der Waals surface area contributed by atoms with Gasteiger partial charge in [0, 0.05) is 6.42 Å². The van der Waals surface area contributed by atoms with Gasteiger partial charge in [-0.1, -0.05) is 13.3 Å². The van der Waals surface area contributed by atoms with Crippen LogP contribution in [0.25, 0.3) is 0 Å². The quantitative estimate of drug-likeness (QED) is 0.653. The summed E-state index contributed by atoms with van der Waals surface area (Å²) in [6.07, 6.45) is 4.17. The highest BCUT2D eigenvalue weighted by atomic mass is 16.5. The van der Waals surface area contributed by atoms with E-state index in [0.29, 0.717) is 19.6 Å². The molecule has 1 rings (SSSR count). The molecule has 0 N–H and O–H groups in total. The second-order valence-electron chi connectivity index (χ2n) is 4.97. The minimum Gasteiger partial charge on any atom is -0.466 e. The van der Waals surface area contributed by atoms with Crippen molar-refractivity contribution in [3.63, 3.8) is 0 Å². The molecule has 0 spiro atoms. The first-order valence-corrected chi connectivity index (χ1v) is 7.05. The van der Waals surface area contributed by atoms with Crippen molar-refractivity contribution < 1.29 is 14.3 Å². The second-order valence-corrected chi connectivity index (χ2v) is 4.97. The molecule has 0 aliphatic carbocycles. The Bertz CT molecular complexity index is 270. The molecule has 4 nitrogen and oxygen atoms in total. The minimum atomic E-state index is -0.268. The largest absolute Gasteiger partial charge is 0.466 e. The number of nitrogens with zero attached hydrogens (tertiary/aromatic N) is 1. The molecule has 0 unspecified atom stereocenters. The van der Waals surface area contributed by atoms with Crippen LogP contribution < -0.4 is 0 Å². The molecule has 1 fully saturated rings. The molecule has 0 aromatic rings. The van der Waals surface area contributed by atoms with E-state index in [0.717, 1.165) is 19.0 Å². The summed E-state index contributed by atoms with van der Waals surface area (Å²) in [5.74, 6) is 0.712. The fraction of sp³-hybridized carbons (Fsp3) is 0.857. The van der Waals surface area contributed by atoms with Gasteiger partial charge in [0.1, 0.15) is 5.78 Å². The number of carbonyl (C=O) groups excluding carboxylic acids is 2. The topological polar surface area (TPSA) is 46.6 Å². The number of esters is 1. The number of carbonyl (C=O) groups is 2. The molecule has 104 valence electrons. The van der Waals surface area contributed by atoms with Gasteiger partial charge >= 0.3 is 5.97 Å². The molecule has 4 heteroatoms. The first-order chi connectivity index (χ1) is 8.65. The molecule has 0 bridgehead atoms. The Morgan fingerprint density at radius 3 is 2.39 bits per heavy atom. The van der Waals surface area contributed by atoms with Gasteiger partial charge in [-0.2, -0.15) is 0 Å². The van der Waals surface area contributed by atoms with Crippen molar-refractivity contribution in [3.8, 4) is 0 Å². The van der Waals surface area contributed by atoms with Crippen molar-refractivity contribution in [2.45, 2.75) is 46.0 Å². The summed E-state index contributed by atoms with van der Waals surface area (Å²) in [6, 6.07) is 0. The average Bonchev–Trinajstić information content (AvgIpc) is 2.38. The fourth-order valence-electron chi connectivity index (χ4n) is 2.36. The summed E-state index contributed by atoms with van der Waals surface area (Å²) < 4.78 is 4.81. The zero-order chi connectivity index (χ0) is 13.4. The molecule has 1 aliphatic rings. The van der Waals surface area contributed by atoms with Crippen LogP contribution in [0.3, 0.4) is 0 Å². The van der Waals surface area contributed by atoms with E-state index in [-0.39, 0.29) is 18.2 Å². The summed E-state index contributed by atoms with van der Waals surface area (Å²) in [5, 5.41) is 0. The third-order valence-electron chi connectivity index (χ3n) is 3.60. The van der Waals surface area contributed by atoms with Crippen LogP contribution in [0.4, 0.5) is 0 Å². The van der Waals surface area contributed by atoms with Crippen LogP contribution in [-0.4, -0.2) is 42.9 Å². The van der Waals surface area contributed by atoms with Gasteiger partial charge < -0.3 is 4.74 Å². The Morgan fingerprint density at radius 1 is 1.17 bits per heavy atom. The third-order valence-corrected chi connectivity index (χ3v) is 3.60. The summed E-state index contributed by atoms with van der Waals surface area (Å²) >= 11 is 0. The Labute approximate surface area is 110 Å². The lowest BCUT2D eigenvalue weighted by Crippen LogP contribution is -2.37. The normalized spacial score (nSPS) is 17.7. The number of piperidine rings is 1. The predicted molar refractivity (Wildman–Crippen MR) is 70.3 cm³/mol. The van der Waals surface area contributed by atoms with E-state index in [1.807, 2.05) is 0 Å².